The lowest BCUT2D eigenvalue weighted by molar-refractivity contribution is 0.270. The maximum absolute atomic E-state index is 3.69. The van der Waals surface area contributed by atoms with Crippen LogP contribution in [0, 0.1) is 0 Å². The molecule has 4 heteroatoms. The van der Waals surface area contributed by atoms with Crippen LogP contribution in [0.3, 0.4) is 0 Å². The van der Waals surface area contributed by atoms with Gasteiger partial charge in [0.2, 0.25) is 0 Å². The fourth-order valence-corrected chi connectivity index (χ4v) is 3.66. The van der Waals surface area contributed by atoms with Crippen molar-refractivity contribution in [2.24, 2.45) is 0 Å². The third-order valence-corrected chi connectivity index (χ3v) is 5.25. The van der Waals surface area contributed by atoms with Crippen LogP contribution >= 0.6 is 24.8 Å². The highest BCUT2D eigenvalue weighted by molar-refractivity contribution is 5.85. The molecule has 1 N–H and O–H groups in total. The largest absolute Gasteiger partial charge is 0.310 e. The third kappa shape index (κ3) is 6.40. The molecule has 1 saturated carbocycles. The first-order valence-electron chi connectivity index (χ1n) is 9.07. The fraction of sp³-hybridized carbons (Fsp3) is 0.600. The first-order chi connectivity index (χ1) is 10.8. The zero-order valence-electron chi connectivity index (χ0n) is 14.8. The molecule has 0 bridgehead atoms. The van der Waals surface area contributed by atoms with Crippen molar-refractivity contribution in [1.82, 2.24) is 10.2 Å². The Labute approximate surface area is 159 Å². The van der Waals surface area contributed by atoms with Crippen molar-refractivity contribution in [2.75, 3.05) is 19.6 Å². The molecule has 2 fully saturated rings. The molecule has 1 aliphatic heterocycles. The van der Waals surface area contributed by atoms with Gasteiger partial charge in [-0.15, -0.1) is 24.8 Å². The van der Waals surface area contributed by atoms with E-state index in [1.54, 1.807) is 5.57 Å². The van der Waals surface area contributed by atoms with Crippen LogP contribution in [0.15, 0.2) is 29.8 Å². The molecule has 1 aromatic carbocycles. The van der Waals surface area contributed by atoms with E-state index in [9.17, 15) is 0 Å². The van der Waals surface area contributed by atoms with Crippen LogP contribution < -0.4 is 5.32 Å². The lowest BCUT2D eigenvalue weighted by Crippen LogP contribution is -2.30. The maximum atomic E-state index is 3.69. The molecule has 1 saturated heterocycles. The highest BCUT2D eigenvalue weighted by Crippen LogP contribution is 2.20. The monoisotopic (exact) mass is 370 g/mol. The van der Waals surface area contributed by atoms with E-state index in [0.717, 1.165) is 12.6 Å². The Kier molecular flexibility index (Phi) is 9.99. The standard InChI is InChI=1S/C20H30N2.2ClH/c1-2-22-13-11-18(12-14-22)15-17-7-9-19(10-8-17)16-21-20-5-3-4-6-20;;/h7-10,15,20-21H,2-6,11-14,16H2,1H3;2*1H. The van der Waals surface area contributed by atoms with Crippen LogP contribution in [-0.2, 0) is 6.54 Å². The first-order valence-corrected chi connectivity index (χ1v) is 9.07. The van der Waals surface area contributed by atoms with E-state index in [1.807, 2.05) is 0 Å². The molecule has 1 heterocycles. The summed E-state index contributed by atoms with van der Waals surface area (Å²) >= 11 is 0. The molecule has 0 amide bonds. The molecule has 136 valence electrons. The highest BCUT2D eigenvalue weighted by atomic mass is 35.5. The minimum Gasteiger partial charge on any atom is -0.310 e. The van der Waals surface area contributed by atoms with Crippen LogP contribution in [0.25, 0.3) is 6.08 Å². The summed E-state index contributed by atoms with van der Waals surface area (Å²) in [6, 6.07) is 9.89. The van der Waals surface area contributed by atoms with E-state index in [0.29, 0.717) is 0 Å². The second-order valence-corrected chi connectivity index (χ2v) is 6.84. The molecule has 0 spiro atoms. The zero-order chi connectivity index (χ0) is 15.2. The number of benzene rings is 1. The molecule has 0 atom stereocenters. The number of nitrogens with zero attached hydrogens (tertiary/aromatic N) is 1. The molecule has 2 aliphatic rings. The van der Waals surface area contributed by atoms with Gasteiger partial charge in [0.1, 0.15) is 0 Å². The van der Waals surface area contributed by atoms with Crippen molar-refractivity contribution < 1.29 is 0 Å². The second-order valence-electron chi connectivity index (χ2n) is 6.84. The lowest BCUT2D eigenvalue weighted by Gasteiger charge is -2.26. The molecular weight excluding hydrogens is 339 g/mol. The topological polar surface area (TPSA) is 15.3 Å². The number of rotatable bonds is 5. The SMILES string of the molecule is CCN1CCC(=Cc2ccc(CNC3CCCC3)cc2)CC1.Cl.Cl. The van der Waals surface area contributed by atoms with Gasteiger partial charge >= 0.3 is 0 Å². The fourth-order valence-electron chi connectivity index (χ4n) is 3.66. The average Bonchev–Trinajstić information content (AvgIpc) is 3.08. The molecule has 3 rings (SSSR count). The number of piperidine rings is 1. The summed E-state index contributed by atoms with van der Waals surface area (Å²) in [6.45, 7) is 6.92. The van der Waals surface area contributed by atoms with Crippen molar-refractivity contribution in [3.8, 4) is 0 Å². The first kappa shape index (κ1) is 21.5. The van der Waals surface area contributed by atoms with Gasteiger partial charge < -0.3 is 10.2 Å². The number of likely N-dealkylation sites (tertiary alicyclic amines) is 1. The summed E-state index contributed by atoms with van der Waals surface area (Å²) in [5.74, 6) is 0. The van der Waals surface area contributed by atoms with Gasteiger partial charge in [-0.3, -0.25) is 0 Å². The van der Waals surface area contributed by atoms with Crippen LogP contribution in [0.4, 0.5) is 0 Å². The van der Waals surface area contributed by atoms with Gasteiger partial charge in [-0.2, -0.15) is 0 Å². The van der Waals surface area contributed by atoms with Crippen molar-refractivity contribution in [3.05, 3.63) is 41.0 Å². The minimum absolute atomic E-state index is 0. The van der Waals surface area contributed by atoms with Crippen molar-refractivity contribution in [3.63, 3.8) is 0 Å². The summed E-state index contributed by atoms with van der Waals surface area (Å²) < 4.78 is 0. The minimum atomic E-state index is 0. The number of hydrogen-bond donors (Lipinski definition) is 1. The summed E-state index contributed by atoms with van der Waals surface area (Å²) in [6.07, 6.45) is 10.4. The van der Waals surface area contributed by atoms with Crippen LogP contribution in [-0.4, -0.2) is 30.6 Å². The van der Waals surface area contributed by atoms with E-state index in [1.165, 1.54) is 69.3 Å². The molecular formula is C20H32Cl2N2. The van der Waals surface area contributed by atoms with Crippen LogP contribution in [0.5, 0.6) is 0 Å². The third-order valence-electron chi connectivity index (χ3n) is 5.25. The smallest absolute Gasteiger partial charge is 0.0208 e. The van der Waals surface area contributed by atoms with E-state index in [2.05, 4.69) is 47.5 Å². The van der Waals surface area contributed by atoms with Gasteiger partial charge in [-0.25, -0.2) is 0 Å². The van der Waals surface area contributed by atoms with E-state index < -0.39 is 0 Å². The van der Waals surface area contributed by atoms with Crippen LogP contribution in [0.2, 0.25) is 0 Å². The molecule has 1 aliphatic carbocycles. The molecule has 24 heavy (non-hydrogen) atoms. The van der Waals surface area contributed by atoms with Gasteiger partial charge in [-0.05, 0) is 43.4 Å². The number of hydrogen-bond acceptors (Lipinski definition) is 2. The molecule has 0 aromatic heterocycles. The Hall–Kier alpha value is -0.540. The normalized spacial score (nSPS) is 18.8. The molecule has 2 nitrogen and oxygen atoms in total. The average molecular weight is 371 g/mol. The quantitative estimate of drug-likeness (QED) is 0.778. The van der Waals surface area contributed by atoms with Gasteiger partial charge in [-0.1, -0.05) is 55.7 Å². The Morgan fingerprint density at radius 2 is 1.67 bits per heavy atom. The van der Waals surface area contributed by atoms with Gasteiger partial charge in [0.05, 0.1) is 0 Å². The zero-order valence-corrected chi connectivity index (χ0v) is 16.4. The molecule has 1 aromatic rings. The Bertz CT molecular complexity index is 483. The van der Waals surface area contributed by atoms with Crippen molar-refractivity contribution in [2.45, 2.75) is 58.0 Å². The van der Waals surface area contributed by atoms with Gasteiger partial charge in [0.25, 0.3) is 0 Å². The summed E-state index contributed by atoms with van der Waals surface area (Å²) in [5, 5.41) is 3.69. The highest BCUT2D eigenvalue weighted by Gasteiger charge is 2.14. The summed E-state index contributed by atoms with van der Waals surface area (Å²) in [7, 11) is 0. The van der Waals surface area contributed by atoms with E-state index in [4.69, 9.17) is 0 Å². The second kappa shape index (κ2) is 11.1. The van der Waals surface area contributed by atoms with Crippen molar-refractivity contribution >= 4 is 30.9 Å². The number of halogens is 2. The van der Waals surface area contributed by atoms with E-state index >= 15 is 0 Å². The number of nitrogens with one attached hydrogen (secondary N) is 1. The lowest BCUT2D eigenvalue weighted by atomic mass is 10.0. The van der Waals surface area contributed by atoms with Gasteiger partial charge in [0.15, 0.2) is 0 Å². The summed E-state index contributed by atoms with van der Waals surface area (Å²) in [4.78, 5) is 2.54. The Balaban J connectivity index is 0.00000144. The van der Waals surface area contributed by atoms with Crippen LogP contribution in [0.1, 0.15) is 56.6 Å². The molecule has 0 unspecified atom stereocenters. The Morgan fingerprint density at radius 1 is 1.04 bits per heavy atom. The summed E-state index contributed by atoms with van der Waals surface area (Å²) in [5.41, 5.74) is 4.39. The maximum Gasteiger partial charge on any atom is 0.0208 e. The van der Waals surface area contributed by atoms with Gasteiger partial charge in [0, 0.05) is 25.7 Å². The molecule has 0 radical (unpaired) electrons. The predicted molar refractivity (Wildman–Crippen MR) is 109 cm³/mol. The predicted octanol–water partition coefficient (Wildman–Crippen LogP) is 5.06. The van der Waals surface area contributed by atoms with E-state index in [-0.39, 0.29) is 24.8 Å². The van der Waals surface area contributed by atoms with Crippen molar-refractivity contribution in [1.29, 1.82) is 0 Å². The Morgan fingerprint density at radius 3 is 2.25 bits per heavy atom.